The van der Waals surface area contributed by atoms with Gasteiger partial charge in [-0.25, -0.2) is 0 Å². The molecule has 2 rings (SSSR count). The fourth-order valence-electron chi connectivity index (χ4n) is 2.76. The molecule has 21 heavy (non-hydrogen) atoms. The second-order valence-electron chi connectivity index (χ2n) is 5.63. The predicted octanol–water partition coefficient (Wildman–Crippen LogP) is 2.45. The number of hydrogen-bond donors (Lipinski definition) is 1. The molecule has 1 aromatic rings. The summed E-state index contributed by atoms with van der Waals surface area (Å²) in [5.74, 6) is 1.66. The first-order valence-electron chi connectivity index (χ1n) is 8.05. The van der Waals surface area contributed by atoms with Crippen molar-refractivity contribution in [1.82, 2.24) is 4.90 Å². The molecule has 1 heterocycles. The second-order valence-corrected chi connectivity index (χ2v) is 5.63. The summed E-state index contributed by atoms with van der Waals surface area (Å²) in [5.41, 5.74) is 6.80. The Morgan fingerprint density at radius 2 is 1.95 bits per heavy atom. The van der Waals surface area contributed by atoms with E-state index >= 15 is 0 Å². The third-order valence-corrected chi connectivity index (χ3v) is 4.01. The highest BCUT2D eigenvalue weighted by atomic mass is 16.5. The molecule has 4 nitrogen and oxygen atoms in total. The molecule has 118 valence electrons. The van der Waals surface area contributed by atoms with E-state index in [1.54, 1.807) is 7.11 Å². The van der Waals surface area contributed by atoms with Crippen LogP contribution in [-0.2, 0) is 6.42 Å². The van der Waals surface area contributed by atoms with Gasteiger partial charge in [-0.1, -0.05) is 12.5 Å². The van der Waals surface area contributed by atoms with Crippen molar-refractivity contribution in [2.45, 2.75) is 32.1 Å². The normalized spacial score (nSPS) is 15.9. The molecule has 0 aliphatic carbocycles. The van der Waals surface area contributed by atoms with E-state index in [0.29, 0.717) is 0 Å². The molecule has 2 N–H and O–H groups in total. The van der Waals surface area contributed by atoms with Gasteiger partial charge in [0.05, 0.1) is 7.11 Å². The highest BCUT2D eigenvalue weighted by molar-refractivity contribution is 5.43. The lowest BCUT2D eigenvalue weighted by molar-refractivity contribution is 0.180. The van der Waals surface area contributed by atoms with Crippen LogP contribution in [0.3, 0.4) is 0 Å². The molecular weight excluding hydrogens is 264 g/mol. The minimum absolute atomic E-state index is 0.719. The molecule has 0 bridgehead atoms. The maximum atomic E-state index is 5.90. The lowest BCUT2D eigenvalue weighted by Gasteiger charge is -2.26. The minimum Gasteiger partial charge on any atom is -0.493 e. The van der Waals surface area contributed by atoms with Gasteiger partial charge in [-0.3, -0.25) is 4.90 Å². The quantitative estimate of drug-likeness (QED) is 0.799. The smallest absolute Gasteiger partial charge is 0.161 e. The summed E-state index contributed by atoms with van der Waals surface area (Å²) in [7, 11) is 1.69. The Labute approximate surface area is 128 Å². The van der Waals surface area contributed by atoms with Crippen LogP contribution in [0.2, 0.25) is 0 Å². The molecule has 1 saturated heterocycles. The zero-order valence-corrected chi connectivity index (χ0v) is 13.1. The van der Waals surface area contributed by atoms with Crippen molar-refractivity contribution in [2.75, 3.05) is 39.9 Å². The van der Waals surface area contributed by atoms with Gasteiger partial charge in [0.2, 0.25) is 0 Å². The molecule has 0 amide bonds. The van der Waals surface area contributed by atoms with E-state index in [-0.39, 0.29) is 0 Å². The van der Waals surface area contributed by atoms with Crippen LogP contribution in [-0.4, -0.2) is 44.8 Å². The van der Waals surface area contributed by atoms with Crippen molar-refractivity contribution in [3.8, 4) is 11.5 Å². The molecule has 0 atom stereocenters. The summed E-state index contributed by atoms with van der Waals surface area (Å²) in [6, 6.07) is 6.18. The molecule has 1 fully saturated rings. The van der Waals surface area contributed by atoms with Gasteiger partial charge in [0, 0.05) is 6.54 Å². The van der Waals surface area contributed by atoms with Crippen LogP contribution >= 0.6 is 0 Å². The van der Waals surface area contributed by atoms with Gasteiger partial charge < -0.3 is 15.2 Å². The molecule has 1 aliphatic heterocycles. The average Bonchev–Trinajstić information content (AvgIpc) is 2.54. The Morgan fingerprint density at radius 3 is 2.67 bits per heavy atom. The van der Waals surface area contributed by atoms with Crippen LogP contribution in [0.25, 0.3) is 0 Å². The number of methoxy groups -OCH3 is 1. The average molecular weight is 292 g/mol. The number of nitrogens with zero attached hydrogens (tertiary/aromatic N) is 1. The van der Waals surface area contributed by atoms with Crippen molar-refractivity contribution in [2.24, 2.45) is 5.73 Å². The van der Waals surface area contributed by atoms with Gasteiger partial charge in [-0.05, 0) is 63.0 Å². The summed E-state index contributed by atoms with van der Waals surface area (Å²) >= 11 is 0. The fourth-order valence-corrected chi connectivity index (χ4v) is 2.76. The van der Waals surface area contributed by atoms with Gasteiger partial charge in [-0.2, -0.15) is 0 Å². The Balaban J connectivity index is 1.83. The number of piperidine rings is 1. The van der Waals surface area contributed by atoms with Crippen LogP contribution in [0.15, 0.2) is 18.2 Å². The topological polar surface area (TPSA) is 47.7 Å². The van der Waals surface area contributed by atoms with Gasteiger partial charge in [-0.15, -0.1) is 0 Å². The maximum Gasteiger partial charge on any atom is 0.161 e. The molecule has 1 aliphatic rings. The zero-order chi connectivity index (χ0) is 14.9. The summed E-state index contributed by atoms with van der Waals surface area (Å²) in [4.78, 5) is 2.48. The third kappa shape index (κ3) is 5.21. The van der Waals surface area contributed by atoms with Crippen LogP contribution < -0.4 is 15.2 Å². The summed E-state index contributed by atoms with van der Waals surface area (Å²) in [6.07, 6.45) is 5.99. The van der Waals surface area contributed by atoms with E-state index in [9.17, 15) is 0 Å². The Morgan fingerprint density at radius 1 is 1.14 bits per heavy atom. The Bertz CT molecular complexity index is 417. The number of ether oxygens (including phenoxy) is 2. The summed E-state index contributed by atoms with van der Waals surface area (Å²) < 4.78 is 11.3. The predicted molar refractivity (Wildman–Crippen MR) is 86.2 cm³/mol. The first kappa shape index (κ1) is 16.1. The van der Waals surface area contributed by atoms with Crippen LogP contribution in [0.5, 0.6) is 11.5 Å². The van der Waals surface area contributed by atoms with E-state index in [1.165, 1.54) is 37.9 Å². The summed E-state index contributed by atoms with van der Waals surface area (Å²) in [6.45, 7) is 4.85. The molecule has 4 heteroatoms. The van der Waals surface area contributed by atoms with Crippen molar-refractivity contribution in [3.05, 3.63) is 23.8 Å². The first-order chi connectivity index (χ1) is 10.3. The van der Waals surface area contributed by atoms with E-state index in [1.807, 2.05) is 6.07 Å². The SMILES string of the molecule is COc1cc(CCCN)ccc1OCCN1CCCCC1. The zero-order valence-electron chi connectivity index (χ0n) is 13.1. The number of rotatable bonds is 8. The van der Waals surface area contributed by atoms with E-state index in [2.05, 4.69) is 17.0 Å². The summed E-state index contributed by atoms with van der Waals surface area (Å²) in [5, 5.41) is 0. The molecule has 0 saturated carbocycles. The number of likely N-dealkylation sites (tertiary alicyclic amines) is 1. The minimum atomic E-state index is 0.719. The molecule has 0 spiro atoms. The largest absolute Gasteiger partial charge is 0.493 e. The number of nitrogens with two attached hydrogens (primary N) is 1. The van der Waals surface area contributed by atoms with Crippen molar-refractivity contribution >= 4 is 0 Å². The number of aryl methyl sites for hydroxylation is 1. The standard InChI is InChI=1S/C17H28N2O2/c1-20-17-14-15(6-5-9-18)7-8-16(17)21-13-12-19-10-3-2-4-11-19/h7-8,14H,2-6,9-13,18H2,1H3. The monoisotopic (exact) mass is 292 g/mol. The van der Waals surface area contributed by atoms with E-state index in [0.717, 1.165) is 44.0 Å². The van der Waals surface area contributed by atoms with E-state index < -0.39 is 0 Å². The van der Waals surface area contributed by atoms with Crippen LogP contribution in [0.1, 0.15) is 31.2 Å². The Kier molecular flexibility index (Phi) is 6.83. The molecule has 0 unspecified atom stereocenters. The molecule has 0 aromatic heterocycles. The number of benzene rings is 1. The van der Waals surface area contributed by atoms with Gasteiger partial charge in [0.25, 0.3) is 0 Å². The lowest BCUT2D eigenvalue weighted by atomic mass is 10.1. The fraction of sp³-hybridized carbons (Fsp3) is 0.647. The van der Waals surface area contributed by atoms with Gasteiger partial charge in [0.1, 0.15) is 6.61 Å². The van der Waals surface area contributed by atoms with Crippen LogP contribution in [0.4, 0.5) is 0 Å². The van der Waals surface area contributed by atoms with Crippen molar-refractivity contribution in [3.63, 3.8) is 0 Å². The van der Waals surface area contributed by atoms with Gasteiger partial charge in [0.15, 0.2) is 11.5 Å². The molecular formula is C17H28N2O2. The molecule has 1 aromatic carbocycles. The lowest BCUT2D eigenvalue weighted by Crippen LogP contribution is -2.33. The van der Waals surface area contributed by atoms with E-state index in [4.69, 9.17) is 15.2 Å². The van der Waals surface area contributed by atoms with Crippen LogP contribution in [0, 0.1) is 0 Å². The highest BCUT2D eigenvalue weighted by Gasteiger charge is 2.11. The van der Waals surface area contributed by atoms with Gasteiger partial charge >= 0.3 is 0 Å². The Hall–Kier alpha value is -1.26. The van der Waals surface area contributed by atoms with Crippen molar-refractivity contribution in [1.29, 1.82) is 0 Å². The second kappa shape index (κ2) is 8.90. The van der Waals surface area contributed by atoms with Crippen molar-refractivity contribution < 1.29 is 9.47 Å². The molecule has 0 radical (unpaired) electrons. The number of hydrogen-bond acceptors (Lipinski definition) is 4. The first-order valence-corrected chi connectivity index (χ1v) is 8.05. The highest BCUT2D eigenvalue weighted by Crippen LogP contribution is 2.28. The third-order valence-electron chi connectivity index (χ3n) is 4.01. The maximum absolute atomic E-state index is 5.90.